The second-order valence-electron chi connectivity index (χ2n) is 4.52. The molecule has 19 heavy (non-hydrogen) atoms. The van der Waals surface area contributed by atoms with E-state index < -0.39 is 0 Å². The minimum atomic E-state index is -0.273. The van der Waals surface area contributed by atoms with Gasteiger partial charge in [-0.25, -0.2) is 9.37 Å². The van der Waals surface area contributed by atoms with Crippen LogP contribution >= 0.6 is 11.3 Å². The summed E-state index contributed by atoms with van der Waals surface area (Å²) < 4.78 is 14.7. The molecule has 3 nitrogen and oxygen atoms in total. The molecule has 0 atom stereocenters. The highest BCUT2D eigenvalue weighted by Crippen LogP contribution is 2.25. The number of thiazole rings is 1. The first kappa shape index (κ1) is 13.7. The Morgan fingerprint density at radius 1 is 1.47 bits per heavy atom. The summed E-state index contributed by atoms with van der Waals surface area (Å²) in [5, 5.41) is 3.03. The van der Waals surface area contributed by atoms with Crippen LogP contribution in [0.1, 0.15) is 20.8 Å². The third kappa shape index (κ3) is 3.61. The third-order valence-electron chi connectivity index (χ3n) is 2.46. The van der Waals surface area contributed by atoms with Crippen molar-refractivity contribution in [2.75, 3.05) is 5.32 Å². The Kier molecular flexibility index (Phi) is 4.27. The maximum absolute atomic E-state index is 13.9. The molecule has 0 unspecified atom stereocenters. The van der Waals surface area contributed by atoms with E-state index in [4.69, 9.17) is 0 Å². The van der Waals surface area contributed by atoms with Gasteiger partial charge in [0.25, 0.3) is 0 Å². The summed E-state index contributed by atoms with van der Waals surface area (Å²) >= 11 is 1.43. The van der Waals surface area contributed by atoms with E-state index in [9.17, 15) is 4.39 Å². The van der Waals surface area contributed by atoms with Crippen LogP contribution in [0, 0.1) is 5.82 Å². The molecule has 1 N–H and O–H groups in total. The highest BCUT2D eigenvalue weighted by atomic mass is 32.1. The van der Waals surface area contributed by atoms with Gasteiger partial charge in [-0.3, -0.25) is 4.99 Å². The van der Waals surface area contributed by atoms with Crippen molar-refractivity contribution in [3.8, 4) is 0 Å². The summed E-state index contributed by atoms with van der Waals surface area (Å²) in [6.07, 6.45) is 3.55. The summed E-state index contributed by atoms with van der Waals surface area (Å²) in [7, 11) is 0. The minimum Gasteiger partial charge on any atom is -0.357 e. The van der Waals surface area contributed by atoms with E-state index in [-0.39, 0.29) is 11.9 Å². The van der Waals surface area contributed by atoms with Crippen molar-refractivity contribution in [1.82, 2.24) is 4.98 Å². The Bertz CT molecular complexity index is 629. The van der Waals surface area contributed by atoms with Gasteiger partial charge in [-0.15, -0.1) is 11.3 Å². The average Bonchev–Trinajstić information content (AvgIpc) is 2.76. The molecular weight excluding hydrogens is 261 g/mol. The number of anilines is 1. The lowest BCUT2D eigenvalue weighted by Gasteiger charge is -2.07. The maximum Gasteiger partial charge on any atom is 0.148 e. The van der Waals surface area contributed by atoms with E-state index in [0.29, 0.717) is 5.69 Å². The molecule has 1 aromatic heterocycles. The molecule has 100 valence electrons. The SMILES string of the molecule is C/C(=C\C=N/C(C)C)Nc1cc2ncsc2cc1F. The van der Waals surface area contributed by atoms with Gasteiger partial charge >= 0.3 is 0 Å². The van der Waals surface area contributed by atoms with E-state index in [2.05, 4.69) is 15.3 Å². The van der Waals surface area contributed by atoms with Crippen LogP contribution in [-0.2, 0) is 0 Å². The smallest absolute Gasteiger partial charge is 0.148 e. The molecule has 0 amide bonds. The van der Waals surface area contributed by atoms with Gasteiger partial charge in [0.1, 0.15) is 5.82 Å². The molecule has 0 aliphatic heterocycles. The number of fused-ring (bicyclic) bond motifs is 1. The van der Waals surface area contributed by atoms with E-state index in [1.807, 2.05) is 26.8 Å². The molecule has 5 heteroatoms. The number of hydrogen-bond donors (Lipinski definition) is 1. The lowest BCUT2D eigenvalue weighted by molar-refractivity contribution is 0.633. The Balaban J connectivity index is 2.18. The number of benzene rings is 1. The predicted octanol–water partition coefficient (Wildman–Crippen LogP) is 4.23. The van der Waals surface area contributed by atoms with Crippen LogP contribution < -0.4 is 5.32 Å². The molecule has 1 heterocycles. The summed E-state index contributed by atoms with van der Waals surface area (Å²) in [4.78, 5) is 8.40. The molecular formula is C14H16FN3S. The fourth-order valence-corrected chi connectivity index (χ4v) is 2.24. The van der Waals surface area contributed by atoms with Crippen LogP contribution in [0.5, 0.6) is 0 Å². The lowest BCUT2D eigenvalue weighted by atomic mass is 10.2. The van der Waals surface area contributed by atoms with E-state index in [0.717, 1.165) is 15.9 Å². The maximum atomic E-state index is 13.9. The van der Waals surface area contributed by atoms with Crippen LogP contribution in [0.2, 0.25) is 0 Å². The minimum absolute atomic E-state index is 0.257. The first-order valence-electron chi connectivity index (χ1n) is 6.06. The van der Waals surface area contributed by atoms with Gasteiger partial charge in [0.15, 0.2) is 0 Å². The number of aromatic nitrogens is 1. The van der Waals surface area contributed by atoms with Gasteiger partial charge in [-0.2, -0.15) is 0 Å². The number of allylic oxidation sites excluding steroid dienone is 2. The van der Waals surface area contributed by atoms with Crippen molar-refractivity contribution >= 4 is 33.5 Å². The number of aliphatic imine (C=N–C) groups is 1. The number of nitrogens with one attached hydrogen (secondary N) is 1. The fourth-order valence-electron chi connectivity index (χ4n) is 1.56. The van der Waals surface area contributed by atoms with Gasteiger partial charge in [0.05, 0.1) is 21.4 Å². The Morgan fingerprint density at radius 2 is 2.26 bits per heavy atom. The number of hydrogen-bond acceptors (Lipinski definition) is 4. The number of rotatable bonds is 4. The second-order valence-corrected chi connectivity index (χ2v) is 5.41. The summed E-state index contributed by atoms with van der Waals surface area (Å²) in [5.74, 6) is -0.273. The van der Waals surface area contributed by atoms with Crippen molar-refractivity contribution in [2.24, 2.45) is 4.99 Å². The first-order valence-corrected chi connectivity index (χ1v) is 6.94. The average molecular weight is 277 g/mol. The molecule has 0 saturated heterocycles. The summed E-state index contributed by atoms with van der Waals surface area (Å²) in [6, 6.07) is 3.48. The van der Waals surface area contributed by atoms with Gasteiger partial charge in [0.2, 0.25) is 0 Å². The van der Waals surface area contributed by atoms with Crippen LogP contribution in [0.15, 0.2) is 34.4 Å². The van der Waals surface area contributed by atoms with Gasteiger partial charge < -0.3 is 5.32 Å². The highest BCUT2D eigenvalue weighted by molar-refractivity contribution is 7.16. The summed E-state index contributed by atoms with van der Waals surface area (Å²) in [5.41, 5.74) is 3.78. The first-order chi connectivity index (χ1) is 9.06. The Hall–Kier alpha value is -1.75. The molecule has 2 aromatic rings. The van der Waals surface area contributed by atoms with E-state index in [1.54, 1.807) is 17.8 Å². The number of nitrogens with zero attached hydrogens (tertiary/aromatic N) is 2. The standard InChI is InChI=1S/C14H16FN3S/c1-9(2)16-5-4-10(3)18-12-7-13-14(6-11(12)15)19-8-17-13/h4-9,18H,1-3H3/b10-4+,16-5-. The van der Waals surface area contributed by atoms with Crippen molar-refractivity contribution in [1.29, 1.82) is 0 Å². The normalized spacial score (nSPS) is 12.8. The molecule has 0 aliphatic rings. The fraction of sp³-hybridized carbons (Fsp3) is 0.286. The van der Waals surface area contributed by atoms with Crippen molar-refractivity contribution in [3.63, 3.8) is 0 Å². The quantitative estimate of drug-likeness (QED) is 0.849. The zero-order valence-electron chi connectivity index (χ0n) is 11.1. The highest BCUT2D eigenvalue weighted by Gasteiger charge is 2.06. The number of halogens is 1. The van der Waals surface area contributed by atoms with E-state index >= 15 is 0 Å². The monoisotopic (exact) mass is 277 g/mol. The van der Waals surface area contributed by atoms with E-state index in [1.165, 1.54) is 17.4 Å². The molecule has 0 aliphatic carbocycles. The predicted molar refractivity (Wildman–Crippen MR) is 80.6 cm³/mol. The van der Waals surface area contributed by atoms with Crippen molar-refractivity contribution < 1.29 is 4.39 Å². The van der Waals surface area contributed by atoms with Crippen molar-refractivity contribution in [3.05, 3.63) is 35.2 Å². The molecule has 0 bridgehead atoms. The Labute approximate surface area is 115 Å². The summed E-state index contributed by atoms with van der Waals surface area (Å²) in [6.45, 7) is 5.88. The molecule has 2 rings (SSSR count). The largest absolute Gasteiger partial charge is 0.357 e. The van der Waals surface area contributed by atoms with Crippen LogP contribution in [-0.4, -0.2) is 17.2 Å². The van der Waals surface area contributed by atoms with Crippen LogP contribution in [0.25, 0.3) is 10.2 Å². The Morgan fingerprint density at radius 3 is 3.00 bits per heavy atom. The zero-order valence-corrected chi connectivity index (χ0v) is 12.0. The molecule has 0 radical (unpaired) electrons. The molecule has 0 fully saturated rings. The van der Waals surface area contributed by atoms with Gasteiger partial charge in [-0.1, -0.05) is 0 Å². The van der Waals surface area contributed by atoms with Crippen LogP contribution in [0.3, 0.4) is 0 Å². The molecule has 0 spiro atoms. The zero-order chi connectivity index (χ0) is 13.8. The van der Waals surface area contributed by atoms with Gasteiger partial charge in [0, 0.05) is 18.0 Å². The third-order valence-corrected chi connectivity index (χ3v) is 3.25. The molecule has 0 saturated carbocycles. The van der Waals surface area contributed by atoms with Crippen LogP contribution in [0.4, 0.5) is 10.1 Å². The molecule has 1 aromatic carbocycles. The van der Waals surface area contributed by atoms with Gasteiger partial charge in [-0.05, 0) is 39.0 Å². The van der Waals surface area contributed by atoms with Crippen molar-refractivity contribution in [2.45, 2.75) is 26.8 Å². The lowest BCUT2D eigenvalue weighted by Crippen LogP contribution is -1.99. The topological polar surface area (TPSA) is 37.3 Å². The second kappa shape index (κ2) is 5.93.